The molecule has 40 heavy (non-hydrogen) atoms. The Morgan fingerprint density at radius 2 is 1.55 bits per heavy atom. The molecule has 12 heteroatoms. The molecule has 0 unspecified atom stereocenters. The number of piperazine rings is 1. The van der Waals surface area contributed by atoms with Crippen molar-refractivity contribution in [2.24, 2.45) is 0 Å². The molecule has 0 radical (unpaired) electrons. The number of nitrogens with one attached hydrogen (secondary N) is 2. The molecule has 0 bridgehead atoms. The number of benzene rings is 1. The molecular formula is C28H36N6O6. The van der Waals surface area contributed by atoms with Crippen LogP contribution in [0.15, 0.2) is 41.3 Å². The second-order valence-electron chi connectivity index (χ2n) is 11.7. The number of nitrogens with zero attached hydrogens (tertiary/aromatic N) is 4. The maximum Gasteiger partial charge on any atom is 0.408 e. The van der Waals surface area contributed by atoms with Gasteiger partial charge in [-0.1, -0.05) is 12.1 Å². The Morgan fingerprint density at radius 3 is 2.08 bits per heavy atom. The maximum absolute atomic E-state index is 13.0. The summed E-state index contributed by atoms with van der Waals surface area (Å²) in [6, 6.07) is 8.33. The molecule has 214 valence electrons. The van der Waals surface area contributed by atoms with Gasteiger partial charge in [-0.05, 0) is 71.2 Å². The van der Waals surface area contributed by atoms with Crippen LogP contribution in [-0.4, -0.2) is 81.0 Å². The summed E-state index contributed by atoms with van der Waals surface area (Å²) in [5.74, 6) is -0.169. The summed E-state index contributed by atoms with van der Waals surface area (Å²) in [5.41, 5.74) is -1.29. The van der Waals surface area contributed by atoms with Gasteiger partial charge in [0.1, 0.15) is 23.2 Å². The third kappa shape index (κ3) is 6.49. The lowest BCUT2D eigenvalue weighted by Crippen LogP contribution is -2.60. The molecular weight excluding hydrogens is 516 g/mol. The van der Waals surface area contributed by atoms with Crippen LogP contribution in [0.3, 0.4) is 0 Å². The number of carbonyl (C=O) groups is 4. The van der Waals surface area contributed by atoms with E-state index in [2.05, 4.69) is 15.6 Å². The van der Waals surface area contributed by atoms with Crippen LogP contribution >= 0.6 is 0 Å². The Labute approximate surface area is 232 Å². The molecule has 1 saturated carbocycles. The van der Waals surface area contributed by atoms with E-state index in [1.165, 1.54) is 21.7 Å². The zero-order valence-corrected chi connectivity index (χ0v) is 23.5. The third-order valence-electron chi connectivity index (χ3n) is 6.98. The van der Waals surface area contributed by atoms with Crippen LogP contribution in [0.25, 0.3) is 5.69 Å². The second-order valence-corrected chi connectivity index (χ2v) is 11.7. The van der Waals surface area contributed by atoms with Crippen LogP contribution in [0.1, 0.15) is 53.0 Å². The largest absolute Gasteiger partial charge is 0.444 e. The predicted molar refractivity (Wildman–Crippen MR) is 147 cm³/mol. The number of hydrogen-bond acceptors (Lipinski definition) is 7. The zero-order chi connectivity index (χ0) is 29.3. The first-order valence-electron chi connectivity index (χ1n) is 13.3. The number of rotatable bonds is 6. The van der Waals surface area contributed by atoms with E-state index < -0.39 is 29.0 Å². The van der Waals surface area contributed by atoms with Gasteiger partial charge in [0.05, 0.1) is 11.1 Å². The van der Waals surface area contributed by atoms with E-state index in [9.17, 15) is 24.0 Å². The fourth-order valence-electron chi connectivity index (χ4n) is 4.54. The monoisotopic (exact) mass is 552 g/mol. The van der Waals surface area contributed by atoms with Crippen LogP contribution in [0.4, 0.5) is 15.4 Å². The van der Waals surface area contributed by atoms with Crippen LogP contribution in [-0.2, 0) is 19.7 Å². The molecule has 4 amide bonds. The molecule has 1 aromatic heterocycles. The average molecular weight is 553 g/mol. The summed E-state index contributed by atoms with van der Waals surface area (Å²) in [6.45, 7) is 9.54. The molecule has 1 aromatic carbocycles. The molecule has 0 atom stereocenters. The van der Waals surface area contributed by atoms with Gasteiger partial charge in [0.25, 0.3) is 0 Å². The zero-order valence-electron chi connectivity index (χ0n) is 23.5. The van der Waals surface area contributed by atoms with Gasteiger partial charge >= 0.3 is 17.8 Å². The van der Waals surface area contributed by atoms with Crippen molar-refractivity contribution in [2.75, 3.05) is 31.5 Å². The Kier molecular flexibility index (Phi) is 7.73. The van der Waals surface area contributed by atoms with Gasteiger partial charge in [-0.25, -0.2) is 14.4 Å². The lowest BCUT2D eigenvalue weighted by Gasteiger charge is -2.38. The number of urea groups is 1. The van der Waals surface area contributed by atoms with Crippen molar-refractivity contribution in [1.82, 2.24) is 24.7 Å². The van der Waals surface area contributed by atoms with E-state index in [0.717, 1.165) is 24.7 Å². The van der Waals surface area contributed by atoms with Gasteiger partial charge < -0.3 is 24.6 Å². The van der Waals surface area contributed by atoms with E-state index >= 15 is 0 Å². The second kappa shape index (κ2) is 10.7. The predicted octanol–water partition coefficient (Wildman–Crippen LogP) is 2.44. The van der Waals surface area contributed by atoms with Gasteiger partial charge in [0.15, 0.2) is 0 Å². The smallest absolute Gasteiger partial charge is 0.408 e. The first-order chi connectivity index (χ1) is 18.7. The third-order valence-corrected chi connectivity index (χ3v) is 6.98. The number of anilines is 1. The van der Waals surface area contributed by atoms with Crippen LogP contribution in [0.2, 0.25) is 0 Å². The molecule has 2 heterocycles. The molecule has 0 spiro atoms. The van der Waals surface area contributed by atoms with E-state index in [0.29, 0.717) is 5.69 Å². The lowest BCUT2D eigenvalue weighted by molar-refractivity contribution is -0.138. The number of aldehydes is 1. The van der Waals surface area contributed by atoms with Gasteiger partial charge in [-0.2, -0.15) is 4.98 Å². The summed E-state index contributed by atoms with van der Waals surface area (Å²) in [6.07, 6.45) is 3.50. The van der Waals surface area contributed by atoms with Crippen LogP contribution in [0, 0.1) is 0 Å². The number of amides is 4. The molecule has 1 saturated heterocycles. The van der Waals surface area contributed by atoms with Crippen molar-refractivity contribution < 1.29 is 23.9 Å². The Morgan fingerprint density at radius 1 is 0.950 bits per heavy atom. The Hall–Kier alpha value is -4.22. The summed E-state index contributed by atoms with van der Waals surface area (Å²) >= 11 is 0. The Bertz CT molecular complexity index is 1350. The van der Waals surface area contributed by atoms with Gasteiger partial charge in [-0.3, -0.25) is 14.7 Å². The van der Waals surface area contributed by atoms with Crippen molar-refractivity contribution in [3.05, 3.63) is 52.6 Å². The van der Waals surface area contributed by atoms with Crippen molar-refractivity contribution >= 4 is 30.1 Å². The van der Waals surface area contributed by atoms with Gasteiger partial charge in [0.2, 0.25) is 5.91 Å². The van der Waals surface area contributed by atoms with E-state index in [1.54, 1.807) is 51.7 Å². The summed E-state index contributed by atoms with van der Waals surface area (Å²) in [5, 5.41) is 5.26. The summed E-state index contributed by atoms with van der Waals surface area (Å²) in [4.78, 5) is 69.1. The molecule has 2 fully saturated rings. The highest BCUT2D eigenvalue weighted by Crippen LogP contribution is 2.46. The molecule has 2 N–H and O–H groups in total. The SMILES string of the molecule is CC(C)(C)OC(=O)NC(C)(C)C(=O)N1CCN(C(=O)Nc2ccn(-c3ccc(C4(C=O)CC4)cc3)c(=O)n2)CC1. The highest BCUT2D eigenvalue weighted by molar-refractivity contribution is 5.90. The molecule has 1 aliphatic carbocycles. The standard InChI is InChI=1S/C28H36N6O6/c1-26(2,3)40-25(39)31-27(4,5)22(36)32-14-16-33(17-15-32)23(37)29-21-10-13-34(24(38)30-21)20-8-6-19(7-9-20)28(18-35)11-12-28/h6-10,13,18H,11-12,14-17H2,1-5H3,(H,31,39)(H,29,30,37,38). The number of aromatic nitrogens is 2. The molecule has 12 nitrogen and oxygen atoms in total. The first kappa shape index (κ1) is 28.8. The molecule has 2 aromatic rings. The minimum Gasteiger partial charge on any atom is -0.444 e. The van der Waals surface area contributed by atoms with Crippen molar-refractivity contribution in [3.63, 3.8) is 0 Å². The van der Waals surface area contributed by atoms with Crippen LogP contribution in [0.5, 0.6) is 0 Å². The maximum atomic E-state index is 13.0. The summed E-state index contributed by atoms with van der Waals surface area (Å²) < 4.78 is 6.62. The highest BCUT2D eigenvalue weighted by atomic mass is 16.6. The van der Waals surface area contributed by atoms with E-state index in [1.807, 2.05) is 12.1 Å². The fraction of sp³-hybridized carbons (Fsp3) is 0.500. The number of ether oxygens (including phenoxy) is 1. The minimum absolute atomic E-state index is 0.113. The first-order valence-corrected chi connectivity index (χ1v) is 13.3. The van der Waals surface area contributed by atoms with Crippen LogP contribution < -0.4 is 16.3 Å². The van der Waals surface area contributed by atoms with Gasteiger partial charge in [-0.15, -0.1) is 0 Å². The highest BCUT2D eigenvalue weighted by Gasteiger charge is 2.44. The average Bonchev–Trinajstić information content (AvgIpc) is 3.68. The van der Waals surface area contributed by atoms with Crippen molar-refractivity contribution in [1.29, 1.82) is 0 Å². The quantitative estimate of drug-likeness (QED) is 0.524. The normalized spacial score (nSPS) is 16.6. The lowest BCUT2D eigenvalue weighted by atomic mass is 9.98. The van der Waals surface area contributed by atoms with Crippen molar-refractivity contribution in [3.8, 4) is 5.69 Å². The van der Waals surface area contributed by atoms with Gasteiger partial charge in [0, 0.05) is 32.4 Å². The summed E-state index contributed by atoms with van der Waals surface area (Å²) in [7, 11) is 0. The number of hydrogen-bond donors (Lipinski definition) is 2. The molecule has 2 aliphatic rings. The van der Waals surface area contributed by atoms with E-state index in [4.69, 9.17) is 4.74 Å². The number of alkyl carbamates (subject to hydrolysis) is 1. The number of carbonyl (C=O) groups excluding carboxylic acids is 4. The fourth-order valence-corrected chi connectivity index (χ4v) is 4.54. The molecule has 1 aliphatic heterocycles. The van der Waals surface area contributed by atoms with E-state index in [-0.39, 0.29) is 43.3 Å². The topological polar surface area (TPSA) is 143 Å². The van der Waals surface area contributed by atoms with Crippen molar-refractivity contribution in [2.45, 2.75) is 64.0 Å². The Balaban J connectivity index is 1.31. The molecule has 4 rings (SSSR count). The minimum atomic E-state index is -1.19.